The normalized spacial score (nSPS) is 12.5. The number of halogens is 3. The summed E-state index contributed by atoms with van der Waals surface area (Å²) in [5, 5.41) is -0.122. The summed E-state index contributed by atoms with van der Waals surface area (Å²) in [6, 6.07) is 10.6. The van der Waals surface area contributed by atoms with E-state index < -0.39 is 0 Å². The molecule has 100 valence electrons. The van der Waals surface area contributed by atoms with E-state index in [1.165, 1.54) is 22.3 Å². The van der Waals surface area contributed by atoms with Gasteiger partial charge in [0, 0.05) is 8.95 Å². The van der Waals surface area contributed by atoms with Gasteiger partial charge in [-0.2, -0.15) is 0 Å². The molecule has 0 amide bonds. The molecular weight excluding hydrogens is 387 g/mol. The van der Waals surface area contributed by atoms with Gasteiger partial charge in [0.25, 0.3) is 0 Å². The van der Waals surface area contributed by atoms with Crippen molar-refractivity contribution in [1.82, 2.24) is 0 Å². The lowest BCUT2D eigenvalue weighted by Crippen LogP contribution is -1.98. The predicted octanol–water partition coefficient (Wildman–Crippen LogP) is 6.47. The van der Waals surface area contributed by atoms with Gasteiger partial charge in [-0.1, -0.05) is 44.0 Å². The Kier molecular flexibility index (Phi) is 4.75. The van der Waals surface area contributed by atoms with Crippen LogP contribution in [0.25, 0.3) is 0 Å². The van der Waals surface area contributed by atoms with E-state index in [2.05, 4.69) is 83.0 Å². The maximum atomic E-state index is 6.67. The summed E-state index contributed by atoms with van der Waals surface area (Å²) in [4.78, 5) is 0. The molecule has 0 aromatic heterocycles. The molecule has 2 aromatic carbocycles. The zero-order valence-corrected chi connectivity index (χ0v) is 15.0. The minimum Gasteiger partial charge on any atom is -0.113 e. The third-order valence-corrected chi connectivity index (χ3v) is 4.98. The van der Waals surface area contributed by atoms with Crippen molar-refractivity contribution in [3.05, 3.63) is 67.1 Å². The highest BCUT2D eigenvalue weighted by molar-refractivity contribution is 9.10. The first-order valence-electron chi connectivity index (χ1n) is 6.06. The van der Waals surface area contributed by atoms with Crippen LogP contribution < -0.4 is 0 Å². The highest BCUT2D eigenvalue weighted by atomic mass is 79.9. The van der Waals surface area contributed by atoms with Crippen LogP contribution in [0.1, 0.15) is 33.2 Å². The molecule has 0 aliphatic rings. The Labute approximate surface area is 136 Å². The molecule has 0 N–H and O–H groups in total. The number of alkyl halides is 1. The van der Waals surface area contributed by atoms with Gasteiger partial charge in [-0.05, 0) is 66.8 Å². The van der Waals surface area contributed by atoms with Crippen LogP contribution in [0.4, 0.5) is 0 Å². The first kappa shape index (κ1) is 15.1. The molecule has 3 heteroatoms. The number of rotatable bonds is 2. The van der Waals surface area contributed by atoms with Crippen molar-refractivity contribution in [2.45, 2.75) is 26.1 Å². The minimum atomic E-state index is -0.122. The van der Waals surface area contributed by atoms with Crippen molar-refractivity contribution in [2.24, 2.45) is 0 Å². The lowest BCUT2D eigenvalue weighted by Gasteiger charge is -2.16. The standard InChI is InChI=1S/C16H15Br2Cl/c1-9-4-12(8-13(17)5-9)16(19)14-6-11(3)15(18)7-10(14)2/h4-8,16H,1-3H3. The van der Waals surface area contributed by atoms with E-state index >= 15 is 0 Å². The van der Waals surface area contributed by atoms with Gasteiger partial charge in [-0.3, -0.25) is 0 Å². The Balaban J connectivity index is 2.49. The SMILES string of the molecule is Cc1cc(Br)cc(C(Cl)c2cc(C)c(Br)cc2C)c1. The largest absolute Gasteiger partial charge is 0.113 e. The summed E-state index contributed by atoms with van der Waals surface area (Å²) in [6.07, 6.45) is 0. The van der Waals surface area contributed by atoms with Crippen molar-refractivity contribution >= 4 is 43.5 Å². The van der Waals surface area contributed by atoms with Crippen LogP contribution in [0.15, 0.2) is 39.3 Å². The fraction of sp³-hybridized carbons (Fsp3) is 0.250. The lowest BCUT2D eigenvalue weighted by molar-refractivity contribution is 1.09. The first-order chi connectivity index (χ1) is 8.88. The Hall–Kier alpha value is -0.310. The van der Waals surface area contributed by atoms with Crippen LogP contribution in [0.3, 0.4) is 0 Å². The Morgan fingerprint density at radius 3 is 2.21 bits per heavy atom. The number of benzene rings is 2. The van der Waals surface area contributed by atoms with Crippen molar-refractivity contribution in [1.29, 1.82) is 0 Å². The van der Waals surface area contributed by atoms with Crippen LogP contribution in [-0.2, 0) is 0 Å². The van der Waals surface area contributed by atoms with Crippen molar-refractivity contribution in [2.75, 3.05) is 0 Å². The first-order valence-corrected chi connectivity index (χ1v) is 8.08. The monoisotopic (exact) mass is 400 g/mol. The maximum absolute atomic E-state index is 6.67. The van der Waals surface area contributed by atoms with E-state index in [1.54, 1.807) is 0 Å². The fourth-order valence-corrected chi connectivity index (χ4v) is 3.61. The second-order valence-electron chi connectivity index (χ2n) is 4.88. The molecule has 0 bridgehead atoms. The lowest BCUT2D eigenvalue weighted by atomic mass is 9.97. The molecule has 0 radical (unpaired) electrons. The molecule has 0 spiro atoms. The number of hydrogen-bond acceptors (Lipinski definition) is 0. The van der Waals surface area contributed by atoms with Gasteiger partial charge in [0.2, 0.25) is 0 Å². The molecule has 2 aromatic rings. The summed E-state index contributed by atoms with van der Waals surface area (Å²) < 4.78 is 2.20. The molecule has 1 unspecified atom stereocenters. The number of aryl methyl sites for hydroxylation is 3. The third-order valence-electron chi connectivity index (χ3n) is 3.18. The fourth-order valence-electron chi connectivity index (χ4n) is 2.17. The molecule has 0 saturated carbocycles. The van der Waals surface area contributed by atoms with Crippen molar-refractivity contribution in [3.8, 4) is 0 Å². The van der Waals surface area contributed by atoms with Crippen LogP contribution in [-0.4, -0.2) is 0 Å². The molecule has 0 aliphatic carbocycles. The quantitative estimate of drug-likeness (QED) is 0.505. The van der Waals surface area contributed by atoms with Gasteiger partial charge in [-0.15, -0.1) is 11.6 Å². The highest BCUT2D eigenvalue weighted by Gasteiger charge is 2.15. The molecule has 0 heterocycles. The summed E-state index contributed by atoms with van der Waals surface area (Å²) in [5.74, 6) is 0. The van der Waals surface area contributed by atoms with E-state index in [0.29, 0.717) is 0 Å². The summed E-state index contributed by atoms with van der Waals surface area (Å²) in [7, 11) is 0. The molecule has 2 rings (SSSR count). The summed E-state index contributed by atoms with van der Waals surface area (Å²) in [5.41, 5.74) is 5.91. The molecule has 19 heavy (non-hydrogen) atoms. The average molecular weight is 403 g/mol. The maximum Gasteiger partial charge on any atom is 0.0838 e. The van der Waals surface area contributed by atoms with Gasteiger partial charge in [0.15, 0.2) is 0 Å². The molecule has 1 atom stereocenters. The van der Waals surface area contributed by atoms with Crippen LogP contribution in [0.2, 0.25) is 0 Å². The van der Waals surface area contributed by atoms with Gasteiger partial charge < -0.3 is 0 Å². The topological polar surface area (TPSA) is 0 Å². The molecule has 0 aliphatic heterocycles. The molecule has 0 fully saturated rings. The predicted molar refractivity (Wildman–Crippen MR) is 90.2 cm³/mol. The Morgan fingerprint density at radius 2 is 1.58 bits per heavy atom. The minimum absolute atomic E-state index is 0.122. The van der Waals surface area contributed by atoms with Crippen molar-refractivity contribution in [3.63, 3.8) is 0 Å². The van der Waals surface area contributed by atoms with E-state index in [9.17, 15) is 0 Å². The Morgan fingerprint density at radius 1 is 0.895 bits per heavy atom. The smallest absolute Gasteiger partial charge is 0.0838 e. The van der Waals surface area contributed by atoms with Crippen LogP contribution in [0.5, 0.6) is 0 Å². The summed E-state index contributed by atoms with van der Waals surface area (Å²) in [6.45, 7) is 6.26. The van der Waals surface area contributed by atoms with E-state index in [4.69, 9.17) is 11.6 Å². The zero-order chi connectivity index (χ0) is 14.2. The van der Waals surface area contributed by atoms with E-state index in [-0.39, 0.29) is 5.38 Å². The highest BCUT2D eigenvalue weighted by Crippen LogP contribution is 2.35. The second-order valence-corrected chi connectivity index (χ2v) is 7.09. The summed E-state index contributed by atoms with van der Waals surface area (Å²) >= 11 is 13.8. The molecular formula is C16H15Br2Cl. The second kappa shape index (κ2) is 5.99. The van der Waals surface area contributed by atoms with Gasteiger partial charge >= 0.3 is 0 Å². The van der Waals surface area contributed by atoms with Crippen LogP contribution in [0, 0.1) is 20.8 Å². The van der Waals surface area contributed by atoms with Crippen LogP contribution >= 0.6 is 43.5 Å². The van der Waals surface area contributed by atoms with Gasteiger partial charge in [-0.25, -0.2) is 0 Å². The van der Waals surface area contributed by atoms with Crippen molar-refractivity contribution < 1.29 is 0 Å². The molecule has 0 nitrogen and oxygen atoms in total. The Bertz CT molecular complexity index is 600. The van der Waals surface area contributed by atoms with Gasteiger partial charge in [0.1, 0.15) is 0 Å². The third kappa shape index (κ3) is 3.42. The molecule has 0 saturated heterocycles. The van der Waals surface area contributed by atoms with Gasteiger partial charge in [0.05, 0.1) is 5.38 Å². The number of hydrogen-bond donors (Lipinski definition) is 0. The zero-order valence-electron chi connectivity index (χ0n) is 11.1. The van der Waals surface area contributed by atoms with E-state index in [0.717, 1.165) is 14.5 Å². The average Bonchev–Trinajstić information content (AvgIpc) is 2.31. The van der Waals surface area contributed by atoms with E-state index in [1.807, 2.05) is 0 Å².